The smallest absolute Gasteiger partial charge is 0.223 e. The highest BCUT2D eigenvalue weighted by molar-refractivity contribution is 7.80. The highest BCUT2D eigenvalue weighted by atomic mass is 32.1. The van der Waals surface area contributed by atoms with Crippen molar-refractivity contribution in [3.63, 3.8) is 0 Å². The molecule has 0 amide bonds. The van der Waals surface area contributed by atoms with Gasteiger partial charge in [0.15, 0.2) is 0 Å². The first-order chi connectivity index (χ1) is 8.54. The Balaban J connectivity index is 1.98. The molecule has 3 N–H and O–H groups in total. The van der Waals surface area contributed by atoms with Crippen LogP contribution < -0.4 is 11.1 Å². The molecule has 1 aliphatic rings. The standard InChI is InChI=1S/C12H19N5S/c1-8-5-10(11(13)18)16-12(15-8)14-6-9-3-4-17(2)7-9/h5,9H,3-4,6-7H2,1-2H3,(H2,13,18)(H,14,15,16). The van der Waals surface area contributed by atoms with Gasteiger partial charge < -0.3 is 16.0 Å². The summed E-state index contributed by atoms with van der Waals surface area (Å²) in [6, 6.07) is 1.80. The van der Waals surface area contributed by atoms with Crippen LogP contribution in [-0.4, -0.2) is 46.5 Å². The van der Waals surface area contributed by atoms with Gasteiger partial charge in [0.2, 0.25) is 5.95 Å². The van der Waals surface area contributed by atoms with Crippen molar-refractivity contribution in [1.29, 1.82) is 0 Å². The molecule has 1 atom stereocenters. The minimum Gasteiger partial charge on any atom is -0.388 e. The van der Waals surface area contributed by atoms with Gasteiger partial charge in [0, 0.05) is 18.8 Å². The maximum atomic E-state index is 5.59. The lowest BCUT2D eigenvalue weighted by Gasteiger charge is -2.12. The lowest BCUT2D eigenvalue weighted by Crippen LogP contribution is -2.21. The molecule has 0 spiro atoms. The molecule has 5 nitrogen and oxygen atoms in total. The van der Waals surface area contributed by atoms with E-state index in [1.165, 1.54) is 13.0 Å². The molecule has 0 saturated carbocycles. The van der Waals surface area contributed by atoms with Crippen molar-refractivity contribution in [3.8, 4) is 0 Å². The van der Waals surface area contributed by atoms with Crippen LogP contribution in [0, 0.1) is 12.8 Å². The summed E-state index contributed by atoms with van der Waals surface area (Å²) in [4.78, 5) is 11.3. The molecule has 0 radical (unpaired) electrons. The van der Waals surface area contributed by atoms with E-state index >= 15 is 0 Å². The van der Waals surface area contributed by atoms with Gasteiger partial charge >= 0.3 is 0 Å². The van der Waals surface area contributed by atoms with Crippen LogP contribution in [0.25, 0.3) is 0 Å². The summed E-state index contributed by atoms with van der Waals surface area (Å²) >= 11 is 4.94. The van der Waals surface area contributed by atoms with Crippen LogP contribution in [0.3, 0.4) is 0 Å². The van der Waals surface area contributed by atoms with E-state index in [0.717, 1.165) is 18.8 Å². The number of aromatic nitrogens is 2. The van der Waals surface area contributed by atoms with Crippen molar-refractivity contribution >= 4 is 23.2 Å². The Bertz CT molecular complexity index is 448. The molecule has 18 heavy (non-hydrogen) atoms. The molecule has 1 aliphatic heterocycles. The Hall–Kier alpha value is -1.27. The average Bonchev–Trinajstić information content (AvgIpc) is 2.72. The molecule has 0 bridgehead atoms. The van der Waals surface area contributed by atoms with E-state index in [0.29, 0.717) is 22.5 Å². The Morgan fingerprint density at radius 3 is 3.00 bits per heavy atom. The molecule has 1 saturated heterocycles. The number of rotatable bonds is 4. The molecule has 1 fully saturated rings. The van der Waals surface area contributed by atoms with Crippen molar-refractivity contribution in [2.75, 3.05) is 32.0 Å². The van der Waals surface area contributed by atoms with Gasteiger partial charge in [-0.3, -0.25) is 0 Å². The zero-order chi connectivity index (χ0) is 13.1. The minimum absolute atomic E-state index is 0.309. The SMILES string of the molecule is Cc1cc(C(N)=S)nc(NCC2CCN(C)C2)n1. The van der Waals surface area contributed by atoms with Gasteiger partial charge in [-0.15, -0.1) is 0 Å². The molecule has 2 rings (SSSR count). The van der Waals surface area contributed by atoms with Crippen molar-refractivity contribution in [2.24, 2.45) is 11.7 Å². The Labute approximate surface area is 113 Å². The Morgan fingerprint density at radius 1 is 1.61 bits per heavy atom. The van der Waals surface area contributed by atoms with E-state index in [4.69, 9.17) is 18.0 Å². The number of nitrogens with one attached hydrogen (secondary N) is 1. The van der Waals surface area contributed by atoms with E-state index in [1.807, 2.05) is 6.92 Å². The monoisotopic (exact) mass is 265 g/mol. The number of nitrogens with two attached hydrogens (primary N) is 1. The third-order valence-electron chi connectivity index (χ3n) is 3.14. The number of nitrogens with zero attached hydrogens (tertiary/aromatic N) is 3. The zero-order valence-electron chi connectivity index (χ0n) is 10.8. The first-order valence-corrected chi connectivity index (χ1v) is 6.53. The van der Waals surface area contributed by atoms with Crippen LogP contribution in [0.15, 0.2) is 6.07 Å². The number of anilines is 1. The predicted molar refractivity (Wildman–Crippen MR) is 76.8 cm³/mol. The number of likely N-dealkylation sites (tertiary alicyclic amines) is 1. The third kappa shape index (κ3) is 3.36. The van der Waals surface area contributed by atoms with Crippen LogP contribution in [0.4, 0.5) is 5.95 Å². The second kappa shape index (κ2) is 5.58. The summed E-state index contributed by atoms with van der Waals surface area (Å²) in [6.45, 7) is 5.10. The molecule has 1 aromatic rings. The van der Waals surface area contributed by atoms with Crippen LogP contribution >= 0.6 is 12.2 Å². The maximum absolute atomic E-state index is 5.59. The summed E-state index contributed by atoms with van der Waals surface area (Å²) in [6.07, 6.45) is 1.22. The topological polar surface area (TPSA) is 67.1 Å². The lowest BCUT2D eigenvalue weighted by atomic mass is 10.1. The minimum atomic E-state index is 0.309. The highest BCUT2D eigenvalue weighted by Crippen LogP contribution is 2.14. The van der Waals surface area contributed by atoms with Crippen molar-refractivity contribution in [1.82, 2.24) is 14.9 Å². The summed E-state index contributed by atoms with van der Waals surface area (Å²) in [5.74, 6) is 1.28. The van der Waals surface area contributed by atoms with Gasteiger partial charge in [0.1, 0.15) is 10.7 Å². The zero-order valence-corrected chi connectivity index (χ0v) is 11.6. The number of aryl methyl sites for hydroxylation is 1. The van der Waals surface area contributed by atoms with Crippen molar-refractivity contribution in [3.05, 3.63) is 17.5 Å². The number of thiocarbonyl (C=S) groups is 1. The van der Waals surface area contributed by atoms with Gasteiger partial charge in [-0.1, -0.05) is 12.2 Å². The van der Waals surface area contributed by atoms with Gasteiger partial charge in [-0.05, 0) is 38.9 Å². The number of hydrogen-bond donors (Lipinski definition) is 2. The van der Waals surface area contributed by atoms with E-state index in [2.05, 4.69) is 27.2 Å². The molecule has 0 aliphatic carbocycles. The van der Waals surface area contributed by atoms with Gasteiger partial charge in [0.05, 0.1) is 0 Å². The quantitative estimate of drug-likeness (QED) is 0.784. The fourth-order valence-corrected chi connectivity index (χ4v) is 2.31. The van der Waals surface area contributed by atoms with E-state index in [9.17, 15) is 0 Å². The van der Waals surface area contributed by atoms with E-state index in [-0.39, 0.29) is 0 Å². The normalized spacial score (nSPS) is 20.0. The van der Waals surface area contributed by atoms with Crippen molar-refractivity contribution < 1.29 is 0 Å². The van der Waals surface area contributed by atoms with Crippen LogP contribution in [-0.2, 0) is 0 Å². The third-order valence-corrected chi connectivity index (χ3v) is 3.35. The molecule has 0 aromatic carbocycles. The maximum Gasteiger partial charge on any atom is 0.223 e. The largest absolute Gasteiger partial charge is 0.388 e. The predicted octanol–water partition coefficient (Wildman–Crippen LogP) is 0.783. The fourth-order valence-electron chi connectivity index (χ4n) is 2.20. The average molecular weight is 265 g/mol. The van der Waals surface area contributed by atoms with Crippen molar-refractivity contribution in [2.45, 2.75) is 13.3 Å². The molecular formula is C12H19N5S. The summed E-state index contributed by atoms with van der Waals surface area (Å²) in [5, 5.41) is 3.28. The van der Waals surface area contributed by atoms with E-state index < -0.39 is 0 Å². The first kappa shape index (κ1) is 13.2. The molecule has 1 unspecified atom stereocenters. The molecule has 98 valence electrons. The summed E-state index contributed by atoms with van der Waals surface area (Å²) in [7, 11) is 2.15. The highest BCUT2D eigenvalue weighted by Gasteiger charge is 2.19. The summed E-state index contributed by atoms with van der Waals surface area (Å²) < 4.78 is 0. The second-order valence-electron chi connectivity index (χ2n) is 4.88. The molecule has 2 heterocycles. The Kier molecular flexibility index (Phi) is 4.08. The fraction of sp³-hybridized carbons (Fsp3) is 0.583. The van der Waals surface area contributed by atoms with Gasteiger partial charge in [-0.2, -0.15) is 0 Å². The second-order valence-corrected chi connectivity index (χ2v) is 5.32. The molecule has 6 heteroatoms. The Morgan fingerprint density at radius 2 is 2.39 bits per heavy atom. The lowest BCUT2D eigenvalue weighted by molar-refractivity contribution is 0.399. The van der Waals surface area contributed by atoms with Gasteiger partial charge in [-0.25, -0.2) is 9.97 Å². The van der Waals surface area contributed by atoms with Crippen LogP contribution in [0.2, 0.25) is 0 Å². The first-order valence-electron chi connectivity index (χ1n) is 6.12. The summed E-state index contributed by atoms with van der Waals surface area (Å²) in [5.41, 5.74) is 7.10. The van der Waals surface area contributed by atoms with Crippen LogP contribution in [0.5, 0.6) is 0 Å². The molecular weight excluding hydrogens is 246 g/mol. The van der Waals surface area contributed by atoms with Crippen LogP contribution in [0.1, 0.15) is 17.8 Å². The van der Waals surface area contributed by atoms with Gasteiger partial charge in [0.25, 0.3) is 0 Å². The number of hydrogen-bond acceptors (Lipinski definition) is 5. The molecule has 1 aromatic heterocycles. The van der Waals surface area contributed by atoms with E-state index in [1.54, 1.807) is 6.07 Å².